The van der Waals surface area contributed by atoms with E-state index in [9.17, 15) is 0 Å². The molecule has 0 radical (unpaired) electrons. The minimum atomic E-state index is 0.415. The molecule has 2 N–H and O–H groups in total. The van der Waals surface area contributed by atoms with Crippen molar-refractivity contribution < 1.29 is 9.47 Å². The van der Waals surface area contributed by atoms with E-state index in [2.05, 4.69) is 15.6 Å². The third-order valence-corrected chi connectivity index (χ3v) is 4.30. The van der Waals surface area contributed by atoms with Gasteiger partial charge in [0.05, 0.1) is 13.7 Å². The standard InChI is InChI=1S/C18H19ClN4O2S/c1-12-21-22-18(26)23(12)20-10-13-6-7-16(17(9-13)24-2)25-11-14-4-3-5-15(19)8-14/h3-9,20H,10-11H2,1-2H3,(H,22,26). The fourth-order valence-electron chi connectivity index (χ4n) is 2.46. The summed E-state index contributed by atoms with van der Waals surface area (Å²) in [5, 5.41) is 7.49. The quantitative estimate of drug-likeness (QED) is 0.591. The second kappa shape index (κ2) is 8.25. The van der Waals surface area contributed by atoms with Gasteiger partial charge in [0.15, 0.2) is 11.5 Å². The van der Waals surface area contributed by atoms with Crippen LogP contribution in [0.25, 0.3) is 0 Å². The molecule has 0 unspecified atom stereocenters. The third kappa shape index (κ3) is 4.36. The second-order valence-corrected chi connectivity index (χ2v) is 6.47. The molecule has 0 spiro atoms. The van der Waals surface area contributed by atoms with Crippen molar-refractivity contribution in [1.29, 1.82) is 0 Å². The zero-order valence-electron chi connectivity index (χ0n) is 14.5. The molecule has 0 atom stereocenters. The van der Waals surface area contributed by atoms with Crippen LogP contribution < -0.4 is 14.9 Å². The average Bonchev–Trinajstić information content (AvgIpc) is 2.96. The lowest BCUT2D eigenvalue weighted by atomic mass is 10.2. The number of aryl methyl sites for hydroxylation is 1. The van der Waals surface area contributed by atoms with Crippen LogP contribution in [-0.2, 0) is 13.2 Å². The number of halogens is 1. The number of nitrogens with zero attached hydrogens (tertiary/aromatic N) is 2. The Bertz CT molecular complexity index is 954. The van der Waals surface area contributed by atoms with E-state index < -0.39 is 0 Å². The molecule has 0 amide bonds. The van der Waals surface area contributed by atoms with Crippen molar-refractivity contribution in [3.63, 3.8) is 0 Å². The van der Waals surface area contributed by atoms with Crippen LogP contribution in [0.1, 0.15) is 17.0 Å². The Balaban J connectivity index is 1.68. The number of hydrogen-bond donors (Lipinski definition) is 2. The summed E-state index contributed by atoms with van der Waals surface area (Å²) in [5.41, 5.74) is 5.24. The molecule has 136 valence electrons. The molecule has 1 aromatic heterocycles. The Morgan fingerprint density at radius 2 is 2.04 bits per heavy atom. The van der Waals surface area contributed by atoms with Gasteiger partial charge in [-0.05, 0) is 54.5 Å². The van der Waals surface area contributed by atoms with Crippen molar-refractivity contribution in [3.05, 3.63) is 69.2 Å². The van der Waals surface area contributed by atoms with Crippen molar-refractivity contribution in [2.75, 3.05) is 12.5 Å². The number of aromatic nitrogens is 3. The van der Waals surface area contributed by atoms with E-state index in [1.807, 2.05) is 49.4 Å². The van der Waals surface area contributed by atoms with Crippen molar-refractivity contribution in [3.8, 4) is 11.5 Å². The van der Waals surface area contributed by atoms with E-state index in [1.54, 1.807) is 11.8 Å². The van der Waals surface area contributed by atoms with Gasteiger partial charge in [0, 0.05) is 5.02 Å². The van der Waals surface area contributed by atoms with Gasteiger partial charge in [0.1, 0.15) is 12.4 Å². The molecule has 2 aromatic carbocycles. The molecular formula is C18H19ClN4O2S. The number of ether oxygens (including phenoxy) is 2. The van der Waals surface area contributed by atoms with Crippen LogP contribution >= 0.6 is 23.8 Å². The molecule has 0 aliphatic carbocycles. The minimum absolute atomic E-state index is 0.415. The van der Waals surface area contributed by atoms with Crippen LogP contribution in [0.15, 0.2) is 42.5 Å². The maximum atomic E-state index is 6.00. The van der Waals surface area contributed by atoms with Crippen LogP contribution in [0, 0.1) is 11.7 Å². The van der Waals surface area contributed by atoms with E-state index in [-0.39, 0.29) is 0 Å². The van der Waals surface area contributed by atoms with Crippen molar-refractivity contribution in [2.45, 2.75) is 20.1 Å². The molecule has 0 fully saturated rings. The molecule has 0 aliphatic heterocycles. The monoisotopic (exact) mass is 390 g/mol. The summed E-state index contributed by atoms with van der Waals surface area (Å²) >= 11 is 11.2. The van der Waals surface area contributed by atoms with E-state index >= 15 is 0 Å². The molecule has 3 rings (SSSR count). The summed E-state index contributed by atoms with van der Waals surface area (Å²) in [4.78, 5) is 0. The fraction of sp³-hybridized carbons (Fsp3) is 0.222. The number of hydrogen-bond acceptors (Lipinski definition) is 5. The number of H-pyrrole nitrogens is 1. The maximum absolute atomic E-state index is 6.00. The predicted molar refractivity (Wildman–Crippen MR) is 104 cm³/mol. The molecule has 1 heterocycles. The number of aromatic amines is 1. The van der Waals surface area contributed by atoms with Gasteiger partial charge in [0.2, 0.25) is 4.77 Å². The highest BCUT2D eigenvalue weighted by Crippen LogP contribution is 2.29. The van der Waals surface area contributed by atoms with Crippen LogP contribution in [0.4, 0.5) is 0 Å². The topological polar surface area (TPSA) is 64.1 Å². The van der Waals surface area contributed by atoms with Gasteiger partial charge in [-0.2, -0.15) is 5.10 Å². The first-order valence-electron chi connectivity index (χ1n) is 7.99. The molecule has 8 heteroatoms. The molecule has 0 aliphatic rings. The summed E-state index contributed by atoms with van der Waals surface area (Å²) < 4.78 is 13.6. The lowest BCUT2D eigenvalue weighted by Gasteiger charge is -2.13. The zero-order chi connectivity index (χ0) is 18.5. The highest BCUT2D eigenvalue weighted by Gasteiger charge is 2.07. The summed E-state index contributed by atoms with van der Waals surface area (Å²) in [6.45, 7) is 2.85. The Labute approximate surface area is 161 Å². The van der Waals surface area contributed by atoms with Gasteiger partial charge in [-0.3, -0.25) is 5.10 Å². The zero-order valence-corrected chi connectivity index (χ0v) is 16.0. The number of nitrogens with one attached hydrogen (secondary N) is 2. The summed E-state index contributed by atoms with van der Waals surface area (Å²) in [5.74, 6) is 2.11. The summed E-state index contributed by atoms with van der Waals surface area (Å²) in [6, 6.07) is 13.4. The SMILES string of the molecule is COc1cc(CNn2c(C)n[nH]c2=S)ccc1OCc1cccc(Cl)c1. The van der Waals surface area contributed by atoms with Gasteiger partial charge < -0.3 is 14.9 Å². The third-order valence-electron chi connectivity index (χ3n) is 3.79. The molecule has 6 nitrogen and oxygen atoms in total. The lowest BCUT2D eigenvalue weighted by Crippen LogP contribution is -2.16. The molecule has 0 saturated heterocycles. The van der Waals surface area contributed by atoms with E-state index in [4.69, 9.17) is 33.3 Å². The Morgan fingerprint density at radius 1 is 1.19 bits per heavy atom. The highest BCUT2D eigenvalue weighted by atomic mass is 35.5. The van der Waals surface area contributed by atoms with Gasteiger partial charge in [-0.15, -0.1) is 0 Å². The van der Waals surface area contributed by atoms with Crippen molar-refractivity contribution in [1.82, 2.24) is 14.9 Å². The van der Waals surface area contributed by atoms with Crippen LogP contribution in [0.5, 0.6) is 11.5 Å². The second-order valence-electron chi connectivity index (χ2n) is 5.65. The van der Waals surface area contributed by atoms with Crippen molar-refractivity contribution >= 4 is 23.8 Å². The normalized spacial score (nSPS) is 10.6. The van der Waals surface area contributed by atoms with Gasteiger partial charge in [0.25, 0.3) is 0 Å². The van der Waals surface area contributed by atoms with Gasteiger partial charge >= 0.3 is 0 Å². The van der Waals surface area contributed by atoms with Crippen LogP contribution in [-0.4, -0.2) is 22.0 Å². The minimum Gasteiger partial charge on any atom is -0.493 e. The first kappa shape index (κ1) is 18.3. The van der Waals surface area contributed by atoms with Crippen LogP contribution in [0.3, 0.4) is 0 Å². The molecule has 0 bridgehead atoms. The van der Waals surface area contributed by atoms with E-state index in [1.165, 1.54) is 0 Å². The average molecular weight is 391 g/mol. The predicted octanol–water partition coefficient (Wildman–Crippen LogP) is 4.23. The van der Waals surface area contributed by atoms with E-state index in [0.717, 1.165) is 17.0 Å². The van der Waals surface area contributed by atoms with Gasteiger partial charge in [-0.1, -0.05) is 29.8 Å². The highest BCUT2D eigenvalue weighted by molar-refractivity contribution is 7.71. The summed E-state index contributed by atoms with van der Waals surface area (Å²) in [6.07, 6.45) is 0. The Hall–Kier alpha value is -2.51. The Morgan fingerprint density at radius 3 is 2.73 bits per heavy atom. The number of rotatable bonds is 7. The van der Waals surface area contributed by atoms with E-state index in [0.29, 0.717) is 34.4 Å². The molecular weight excluding hydrogens is 372 g/mol. The fourth-order valence-corrected chi connectivity index (χ4v) is 2.92. The lowest BCUT2D eigenvalue weighted by molar-refractivity contribution is 0.284. The van der Waals surface area contributed by atoms with Crippen molar-refractivity contribution in [2.24, 2.45) is 0 Å². The molecule has 26 heavy (non-hydrogen) atoms. The summed E-state index contributed by atoms with van der Waals surface area (Å²) in [7, 11) is 1.62. The Kier molecular flexibility index (Phi) is 5.80. The molecule has 0 saturated carbocycles. The number of benzene rings is 2. The first-order valence-corrected chi connectivity index (χ1v) is 8.77. The van der Waals surface area contributed by atoms with Gasteiger partial charge in [-0.25, -0.2) is 4.68 Å². The maximum Gasteiger partial charge on any atom is 0.214 e. The first-order chi connectivity index (χ1) is 12.6. The molecule has 3 aromatic rings. The van der Waals surface area contributed by atoms with Crippen LogP contribution in [0.2, 0.25) is 5.02 Å². The smallest absolute Gasteiger partial charge is 0.214 e. The number of methoxy groups -OCH3 is 1. The largest absolute Gasteiger partial charge is 0.493 e.